The molecule has 0 bridgehead atoms. The molecular weight excluding hydrogens is 969 g/mol. The van der Waals surface area contributed by atoms with Gasteiger partial charge in [-0.2, -0.15) is 0 Å². The first kappa shape index (κ1) is 63.7. The molecule has 5 atom stereocenters. The smallest absolute Gasteiger partial charge is 0.191 e. The van der Waals surface area contributed by atoms with Crippen LogP contribution in [-0.2, 0) is 0 Å². The van der Waals surface area contributed by atoms with Crippen molar-refractivity contribution >= 4 is 87.6 Å². The van der Waals surface area contributed by atoms with Crippen LogP contribution in [0.2, 0.25) is 25.1 Å². The Balaban J connectivity index is 0.000000817. The summed E-state index contributed by atoms with van der Waals surface area (Å²) in [6.45, 7) is 23.8. The van der Waals surface area contributed by atoms with Gasteiger partial charge in [-0.05, 0) is 159 Å². The van der Waals surface area contributed by atoms with Gasteiger partial charge in [0.25, 0.3) is 0 Å². The third-order valence-corrected chi connectivity index (χ3v) is 10.5. The number of hydrogen-bond donors (Lipinski definition) is 5. The molecule has 0 spiro atoms. The summed E-state index contributed by atoms with van der Waals surface area (Å²) < 4.78 is 0. The molecule has 0 heterocycles. The zero-order valence-electron chi connectivity index (χ0n) is 40.7. The highest BCUT2D eigenvalue weighted by atomic mass is 35.5. The van der Waals surface area contributed by atoms with Crippen LogP contribution in [0.15, 0.2) is 127 Å². The third-order valence-electron chi connectivity index (χ3n) is 9.32. The molecule has 368 valence electrons. The number of carbonyl (C=O) groups is 2. The van der Waals surface area contributed by atoms with Gasteiger partial charge < -0.3 is 26.0 Å². The van der Waals surface area contributed by atoms with E-state index in [1.807, 2.05) is 70.2 Å². The minimum atomic E-state index is -0.969. The number of halogens is 6. The minimum absolute atomic E-state index is 0. The number of hydrogen-bond acceptors (Lipinski definition) is 7. The summed E-state index contributed by atoms with van der Waals surface area (Å²) in [5.41, 5.74) is 5.25. The molecule has 0 unspecified atom stereocenters. The van der Waals surface area contributed by atoms with E-state index in [-0.39, 0.29) is 47.1 Å². The van der Waals surface area contributed by atoms with E-state index >= 15 is 0 Å². The Bertz CT molecular complexity index is 2200. The van der Waals surface area contributed by atoms with Gasteiger partial charge >= 0.3 is 0 Å². The summed E-state index contributed by atoms with van der Waals surface area (Å²) in [4.78, 5) is 22.3. The van der Waals surface area contributed by atoms with Crippen LogP contribution in [-0.4, -0.2) is 56.2 Å². The highest BCUT2D eigenvalue weighted by molar-refractivity contribution is 6.32. The van der Waals surface area contributed by atoms with Crippen molar-refractivity contribution in [2.45, 2.75) is 131 Å². The number of allylic oxidation sites excluding steroid dienone is 2. The standard InChI is InChI=1S/2C13H20ClNO.C10H11Cl.C9H9ClO2.C9H9ClO.ClH/c2*1-9(15-13(2,3)4)12(16)10-6-5-7-11(14)8-10;1-3-8(2)9-5-4-6-10(11)7-9;1-6(11)9(12)7-3-2-4-8(10)5-7;1-2-9(11)7-4-3-5-8(10)6-7;/h2*5-9,12,15-16H,1-4H3;3-7H,1-2H3;2-6,11H,1H3;3-6H,2H2,1H3;1H/b;;8-3+;;;/t2*9-,12-;;6-;;/m11.0../s1. The second kappa shape index (κ2) is 31.8. The van der Waals surface area contributed by atoms with Gasteiger partial charge in [0.15, 0.2) is 11.6 Å². The lowest BCUT2D eigenvalue weighted by atomic mass is 10.00. The molecule has 0 aromatic heterocycles. The molecule has 5 aromatic rings. The lowest BCUT2D eigenvalue weighted by Crippen LogP contribution is -2.44. The molecular formula is C54H70Cl6N2O5. The lowest BCUT2D eigenvalue weighted by molar-refractivity contribution is 0.0779. The number of ketones is 2. The summed E-state index contributed by atoms with van der Waals surface area (Å²) in [5.74, 6) is -0.176. The molecule has 0 aliphatic heterocycles. The van der Waals surface area contributed by atoms with Gasteiger partial charge in [-0.1, -0.05) is 132 Å². The van der Waals surface area contributed by atoms with E-state index in [0.717, 1.165) is 16.1 Å². The zero-order valence-corrected chi connectivity index (χ0v) is 45.3. The maximum absolute atomic E-state index is 11.2. The molecule has 0 aliphatic rings. The third kappa shape index (κ3) is 26.9. The summed E-state index contributed by atoms with van der Waals surface area (Å²) in [6.07, 6.45) is 0.547. The van der Waals surface area contributed by atoms with Crippen molar-refractivity contribution in [2.75, 3.05) is 0 Å². The van der Waals surface area contributed by atoms with Gasteiger partial charge in [0.1, 0.15) is 6.10 Å². The van der Waals surface area contributed by atoms with Gasteiger partial charge in [0, 0.05) is 65.8 Å². The summed E-state index contributed by atoms with van der Waals surface area (Å²) in [6, 6.07) is 36.1. The maximum Gasteiger partial charge on any atom is 0.191 e. The maximum atomic E-state index is 11.2. The van der Waals surface area contributed by atoms with Gasteiger partial charge in [-0.25, -0.2) is 0 Å². The van der Waals surface area contributed by atoms with Crippen LogP contribution in [0.3, 0.4) is 0 Å². The molecule has 67 heavy (non-hydrogen) atoms. The topological polar surface area (TPSA) is 119 Å². The van der Waals surface area contributed by atoms with E-state index < -0.39 is 18.3 Å². The van der Waals surface area contributed by atoms with Crippen LogP contribution in [0.1, 0.15) is 139 Å². The van der Waals surface area contributed by atoms with Gasteiger partial charge in [0.05, 0.1) is 12.2 Å². The Morgan fingerprint density at radius 3 is 1.18 bits per heavy atom. The lowest BCUT2D eigenvalue weighted by Gasteiger charge is -2.29. The van der Waals surface area contributed by atoms with Crippen molar-refractivity contribution < 1.29 is 24.9 Å². The van der Waals surface area contributed by atoms with Gasteiger partial charge in [-0.15, -0.1) is 12.4 Å². The number of Topliss-reactive ketones (excluding diaryl/α,β-unsaturated/α-hetero) is 2. The molecule has 0 aliphatic carbocycles. The normalized spacial score (nSPS) is 13.3. The largest absolute Gasteiger partial charge is 0.387 e. The molecule has 0 saturated heterocycles. The Morgan fingerprint density at radius 2 is 0.866 bits per heavy atom. The minimum Gasteiger partial charge on any atom is -0.387 e. The number of aliphatic hydroxyl groups excluding tert-OH is 3. The number of rotatable bonds is 11. The van der Waals surface area contributed by atoms with Crippen molar-refractivity contribution in [1.29, 1.82) is 0 Å². The van der Waals surface area contributed by atoms with E-state index in [1.54, 1.807) is 66.7 Å². The Kier molecular flexibility index (Phi) is 30.2. The van der Waals surface area contributed by atoms with Gasteiger partial charge in [-0.3, -0.25) is 9.59 Å². The second-order valence-corrected chi connectivity index (χ2v) is 19.9. The van der Waals surface area contributed by atoms with Crippen molar-refractivity contribution in [1.82, 2.24) is 10.6 Å². The van der Waals surface area contributed by atoms with Crippen molar-refractivity contribution in [3.8, 4) is 0 Å². The van der Waals surface area contributed by atoms with E-state index in [1.165, 1.54) is 24.1 Å². The average Bonchev–Trinajstić information content (AvgIpc) is 3.24. The number of aliphatic hydroxyl groups is 3. The number of carbonyl (C=O) groups excluding carboxylic acids is 2. The predicted octanol–water partition coefficient (Wildman–Crippen LogP) is 15.3. The van der Waals surface area contributed by atoms with Crippen LogP contribution >= 0.6 is 70.4 Å². The molecule has 0 saturated carbocycles. The van der Waals surface area contributed by atoms with Crippen LogP contribution < -0.4 is 10.6 Å². The number of nitrogens with one attached hydrogen (secondary N) is 2. The molecule has 5 rings (SSSR count). The van der Waals surface area contributed by atoms with Crippen molar-refractivity contribution in [2.24, 2.45) is 0 Å². The number of benzene rings is 5. The van der Waals surface area contributed by atoms with Crippen molar-refractivity contribution in [3.05, 3.63) is 180 Å². The van der Waals surface area contributed by atoms with Crippen LogP contribution in [0.5, 0.6) is 0 Å². The van der Waals surface area contributed by atoms with E-state index in [0.29, 0.717) is 37.6 Å². The quantitative estimate of drug-likeness (QED) is 0.0836. The summed E-state index contributed by atoms with van der Waals surface area (Å²) in [7, 11) is 0. The first-order chi connectivity index (χ1) is 30.7. The monoisotopic (exact) mass is 1040 g/mol. The summed E-state index contributed by atoms with van der Waals surface area (Å²) in [5, 5.41) is 39.2. The Morgan fingerprint density at radius 1 is 0.552 bits per heavy atom. The van der Waals surface area contributed by atoms with Crippen LogP contribution in [0.4, 0.5) is 0 Å². The molecule has 7 nitrogen and oxygen atoms in total. The van der Waals surface area contributed by atoms with Crippen molar-refractivity contribution in [3.63, 3.8) is 0 Å². The molecule has 0 radical (unpaired) electrons. The Labute approximate surface area is 431 Å². The first-order valence-corrected chi connectivity index (χ1v) is 23.6. The first-order valence-electron chi connectivity index (χ1n) is 21.8. The van der Waals surface area contributed by atoms with E-state index in [4.69, 9.17) is 63.1 Å². The second-order valence-electron chi connectivity index (χ2n) is 17.7. The Hall–Kier alpha value is -3.28. The highest BCUT2D eigenvalue weighted by Gasteiger charge is 2.22. The fraction of sp³-hybridized carbons (Fsp3) is 0.370. The fourth-order valence-electron chi connectivity index (χ4n) is 6.13. The van der Waals surface area contributed by atoms with E-state index in [2.05, 4.69) is 71.2 Å². The SMILES string of the molecule is C/C=C(\C)c1cccc(Cl)c1.CCC(=O)c1cccc(Cl)c1.C[C@@H](NC(C)(C)C)[C@@H](O)c1cccc(Cl)c1.C[C@@H](NC(C)(C)C)[C@@H](O)c1cccc(Cl)c1.C[C@H](O)C(=O)c1cccc(Cl)c1.Cl. The fourth-order valence-corrected chi connectivity index (χ4v) is 7.10. The van der Waals surface area contributed by atoms with Crippen LogP contribution in [0, 0.1) is 0 Å². The molecule has 0 fully saturated rings. The molecule has 0 amide bonds. The van der Waals surface area contributed by atoms with E-state index in [9.17, 15) is 19.8 Å². The van der Waals surface area contributed by atoms with Gasteiger partial charge in [0.2, 0.25) is 0 Å². The highest BCUT2D eigenvalue weighted by Crippen LogP contribution is 2.23. The predicted molar refractivity (Wildman–Crippen MR) is 289 cm³/mol. The van der Waals surface area contributed by atoms with Crippen LogP contribution in [0.25, 0.3) is 5.57 Å². The molecule has 5 aromatic carbocycles. The summed E-state index contributed by atoms with van der Waals surface area (Å²) >= 11 is 29.0. The average molecular weight is 1040 g/mol. The molecule has 13 heteroatoms. The molecule has 5 N–H and O–H groups in total. The zero-order chi connectivity index (χ0) is 50.4.